The number of aryl methyl sites for hydroxylation is 1. The van der Waals surface area contributed by atoms with E-state index in [9.17, 15) is 5.11 Å². The molecule has 1 N–H and O–H groups in total. The maximum atomic E-state index is 10.2. The summed E-state index contributed by atoms with van der Waals surface area (Å²) >= 11 is 0. The molecule has 1 unspecified atom stereocenters. The summed E-state index contributed by atoms with van der Waals surface area (Å²) in [7, 11) is 0. The second-order valence-electron chi connectivity index (χ2n) is 4.55. The van der Waals surface area contributed by atoms with Crippen LogP contribution in [0.25, 0.3) is 0 Å². The van der Waals surface area contributed by atoms with Crippen molar-refractivity contribution >= 4 is 0 Å². The van der Waals surface area contributed by atoms with Gasteiger partial charge in [0.1, 0.15) is 0 Å². The minimum Gasteiger partial charge on any atom is -0.387 e. The van der Waals surface area contributed by atoms with Gasteiger partial charge in [-0.05, 0) is 37.8 Å². The Hall–Kier alpha value is -0.890. The molecule has 0 radical (unpaired) electrons. The Kier molecular flexibility index (Phi) is 3.37. The standard InChI is InChI=1S/C13H19NO/c1-10-6-5-9-12(14-10)13(15)11-7-3-2-4-8-11/h5-6,9,11,13,15H,2-4,7-8H2,1H3. The van der Waals surface area contributed by atoms with Crippen LogP contribution in [0.2, 0.25) is 0 Å². The SMILES string of the molecule is Cc1cccc(C(O)C2CCCCC2)n1. The summed E-state index contributed by atoms with van der Waals surface area (Å²) in [6.45, 7) is 1.97. The van der Waals surface area contributed by atoms with Gasteiger partial charge in [0.05, 0.1) is 11.8 Å². The average molecular weight is 205 g/mol. The van der Waals surface area contributed by atoms with Crippen LogP contribution in [0.5, 0.6) is 0 Å². The van der Waals surface area contributed by atoms with Crippen LogP contribution in [-0.4, -0.2) is 10.1 Å². The van der Waals surface area contributed by atoms with Crippen LogP contribution in [0.1, 0.15) is 49.6 Å². The molecule has 1 aromatic rings. The Balaban J connectivity index is 2.08. The monoisotopic (exact) mass is 205 g/mol. The molecular formula is C13H19NO. The molecule has 0 saturated heterocycles. The van der Waals surface area contributed by atoms with Crippen LogP contribution < -0.4 is 0 Å². The van der Waals surface area contributed by atoms with Gasteiger partial charge in [0.25, 0.3) is 0 Å². The quantitative estimate of drug-likeness (QED) is 0.805. The maximum Gasteiger partial charge on any atom is 0.0987 e. The highest BCUT2D eigenvalue weighted by atomic mass is 16.3. The van der Waals surface area contributed by atoms with Crippen molar-refractivity contribution in [2.24, 2.45) is 5.92 Å². The Labute approximate surface area is 91.4 Å². The molecule has 2 rings (SSSR count). The van der Waals surface area contributed by atoms with Crippen molar-refractivity contribution < 1.29 is 5.11 Å². The zero-order valence-electron chi connectivity index (χ0n) is 9.32. The number of rotatable bonds is 2. The van der Waals surface area contributed by atoms with E-state index in [1.807, 2.05) is 25.1 Å². The van der Waals surface area contributed by atoms with Crippen molar-refractivity contribution in [3.63, 3.8) is 0 Å². The van der Waals surface area contributed by atoms with Gasteiger partial charge in [0.15, 0.2) is 0 Å². The highest BCUT2D eigenvalue weighted by Gasteiger charge is 2.23. The van der Waals surface area contributed by atoms with Gasteiger partial charge in [-0.15, -0.1) is 0 Å². The molecule has 15 heavy (non-hydrogen) atoms. The van der Waals surface area contributed by atoms with E-state index in [4.69, 9.17) is 0 Å². The minimum atomic E-state index is -0.356. The molecule has 1 aliphatic carbocycles. The van der Waals surface area contributed by atoms with E-state index in [1.54, 1.807) is 0 Å². The summed E-state index contributed by atoms with van der Waals surface area (Å²) in [4.78, 5) is 4.40. The van der Waals surface area contributed by atoms with Crippen LogP contribution in [0.3, 0.4) is 0 Å². The van der Waals surface area contributed by atoms with Crippen molar-refractivity contribution in [2.75, 3.05) is 0 Å². The van der Waals surface area contributed by atoms with E-state index in [-0.39, 0.29) is 6.10 Å². The molecule has 82 valence electrons. The first-order chi connectivity index (χ1) is 7.27. The summed E-state index contributed by atoms with van der Waals surface area (Å²) in [6.07, 6.45) is 5.78. The lowest BCUT2D eigenvalue weighted by Gasteiger charge is -2.26. The van der Waals surface area contributed by atoms with Gasteiger partial charge in [0.2, 0.25) is 0 Å². The van der Waals surface area contributed by atoms with Gasteiger partial charge in [-0.2, -0.15) is 0 Å². The van der Waals surface area contributed by atoms with Gasteiger partial charge < -0.3 is 5.11 Å². The summed E-state index contributed by atoms with van der Waals surface area (Å²) in [6, 6.07) is 5.88. The second-order valence-corrected chi connectivity index (χ2v) is 4.55. The first kappa shape index (κ1) is 10.6. The van der Waals surface area contributed by atoms with Crippen LogP contribution in [-0.2, 0) is 0 Å². The van der Waals surface area contributed by atoms with Gasteiger partial charge in [-0.25, -0.2) is 0 Å². The highest BCUT2D eigenvalue weighted by Crippen LogP contribution is 2.33. The largest absolute Gasteiger partial charge is 0.387 e. The number of aliphatic hydroxyl groups excluding tert-OH is 1. The van der Waals surface area contributed by atoms with Crippen molar-refractivity contribution in [3.8, 4) is 0 Å². The van der Waals surface area contributed by atoms with Crippen molar-refractivity contribution in [2.45, 2.75) is 45.1 Å². The maximum absolute atomic E-state index is 10.2. The van der Waals surface area contributed by atoms with Crippen LogP contribution in [0.15, 0.2) is 18.2 Å². The number of pyridine rings is 1. The number of hydrogen-bond donors (Lipinski definition) is 1. The molecule has 0 amide bonds. The molecule has 1 fully saturated rings. The predicted octanol–water partition coefficient (Wildman–Crippen LogP) is 3.00. The highest BCUT2D eigenvalue weighted by molar-refractivity contribution is 5.12. The molecule has 2 heteroatoms. The number of aliphatic hydroxyl groups is 1. The summed E-state index contributed by atoms with van der Waals surface area (Å²) in [5, 5.41) is 10.2. The molecule has 0 aromatic carbocycles. The fraction of sp³-hybridized carbons (Fsp3) is 0.615. The molecular weight excluding hydrogens is 186 g/mol. The average Bonchev–Trinajstić information content (AvgIpc) is 2.29. The molecule has 1 atom stereocenters. The van der Waals surface area contributed by atoms with Gasteiger partial charge in [-0.3, -0.25) is 4.98 Å². The predicted molar refractivity (Wildman–Crippen MR) is 60.5 cm³/mol. The summed E-state index contributed by atoms with van der Waals surface area (Å²) in [5.41, 5.74) is 1.84. The molecule has 2 nitrogen and oxygen atoms in total. The smallest absolute Gasteiger partial charge is 0.0987 e. The van der Waals surface area contributed by atoms with Gasteiger partial charge in [0, 0.05) is 5.69 Å². The number of hydrogen-bond acceptors (Lipinski definition) is 2. The molecule has 0 aliphatic heterocycles. The van der Waals surface area contributed by atoms with E-state index >= 15 is 0 Å². The first-order valence-electron chi connectivity index (χ1n) is 5.89. The molecule has 1 heterocycles. The third-order valence-electron chi connectivity index (χ3n) is 3.31. The van der Waals surface area contributed by atoms with Crippen LogP contribution in [0, 0.1) is 12.8 Å². The Morgan fingerprint density at radius 2 is 2.00 bits per heavy atom. The summed E-state index contributed by atoms with van der Waals surface area (Å²) in [5.74, 6) is 0.424. The van der Waals surface area contributed by atoms with E-state index < -0.39 is 0 Å². The topological polar surface area (TPSA) is 33.1 Å². The fourth-order valence-corrected chi connectivity index (χ4v) is 2.42. The lowest BCUT2D eigenvalue weighted by atomic mass is 9.84. The number of aromatic nitrogens is 1. The first-order valence-corrected chi connectivity index (χ1v) is 5.89. The lowest BCUT2D eigenvalue weighted by molar-refractivity contribution is 0.0810. The van der Waals surface area contributed by atoms with Crippen molar-refractivity contribution in [1.82, 2.24) is 4.98 Å². The Morgan fingerprint density at radius 1 is 1.27 bits per heavy atom. The van der Waals surface area contributed by atoms with E-state index in [0.29, 0.717) is 5.92 Å². The van der Waals surface area contributed by atoms with E-state index in [0.717, 1.165) is 24.2 Å². The molecule has 1 aliphatic rings. The van der Waals surface area contributed by atoms with E-state index in [2.05, 4.69) is 4.98 Å². The minimum absolute atomic E-state index is 0.356. The van der Waals surface area contributed by atoms with Crippen LogP contribution in [0.4, 0.5) is 0 Å². The van der Waals surface area contributed by atoms with E-state index in [1.165, 1.54) is 19.3 Å². The van der Waals surface area contributed by atoms with Gasteiger partial charge >= 0.3 is 0 Å². The fourth-order valence-electron chi connectivity index (χ4n) is 2.42. The third-order valence-corrected chi connectivity index (χ3v) is 3.31. The second kappa shape index (κ2) is 4.75. The lowest BCUT2D eigenvalue weighted by Crippen LogP contribution is -2.17. The summed E-state index contributed by atoms with van der Waals surface area (Å²) < 4.78 is 0. The molecule has 0 bridgehead atoms. The Bertz CT molecular complexity index is 318. The third kappa shape index (κ3) is 2.57. The number of nitrogens with zero attached hydrogens (tertiary/aromatic N) is 1. The Morgan fingerprint density at radius 3 is 2.67 bits per heavy atom. The molecule has 1 aromatic heterocycles. The zero-order chi connectivity index (χ0) is 10.7. The zero-order valence-corrected chi connectivity index (χ0v) is 9.32. The van der Waals surface area contributed by atoms with Gasteiger partial charge in [-0.1, -0.05) is 25.3 Å². The molecule has 1 saturated carbocycles. The normalized spacial score (nSPS) is 20.1. The van der Waals surface area contributed by atoms with Crippen LogP contribution >= 0.6 is 0 Å². The van der Waals surface area contributed by atoms with Crippen molar-refractivity contribution in [3.05, 3.63) is 29.6 Å². The van der Waals surface area contributed by atoms with Crippen molar-refractivity contribution in [1.29, 1.82) is 0 Å². The molecule has 0 spiro atoms.